The van der Waals surface area contributed by atoms with Crippen LogP contribution in [-0.4, -0.2) is 26.5 Å². The average Bonchev–Trinajstić information content (AvgIpc) is 3.29. The molecule has 0 radical (unpaired) electrons. The first-order chi connectivity index (χ1) is 17.3. The van der Waals surface area contributed by atoms with Crippen LogP contribution in [-0.2, 0) is 5.41 Å². The van der Waals surface area contributed by atoms with Gasteiger partial charge in [0, 0.05) is 11.6 Å². The zero-order chi connectivity index (χ0) is 25.4. The number of hydrogen-bond acceptors (Lipinski definition) is 6. The van der Waals surface area contributed by atoms with E-state index in [1.165, 1.54) is 4.68 Å². The molecule has 2 aliphatic rings. The summed E-state index contributed by atoms with van der Waals surface area (Å²) >= 11 is 6.51. The van der Waals surface area contributed by atoms with Crippen molar-refractivity contribution in [2.24, 2.45) is 0 Å². The maximum atomic E-state index is 14.4. The van der Waals surface area contributed by atoms with Crippen molar-refractivity contribution in [1.29, 1.82) is 0 Å². The number of nitrogens with zero attached hydrogens (tertiary/aromatic N) is 3. The number of Topliss-reactive ketones (excluding diaryl/α,β-unsaturated/α-hetero) is 1. The quantitative estimate of drug-likeness (QED) is 0.301. The minimum Gasteiger partial charge on any atom is -0.416 e. The van der Waals surface area contributed by atoms with Gasteiger partial charge >= 0.3 is 5.70 Å². The van der Waals surface area contributed by atoms with Crippen molar-refractivity contribution in [2.45, 2.75) is 32.2 Å². The molecule has 1 atom stereocenters. The third kappa shape index (κ3) is 2.76. The molecule has 8 nitrogen and oxygen atoms in total. The molecule has 9 heteroatoms. The maximum Gasteiger partial charge on any atom is 0.328 e. The molecule has 1 aliphatic heterocycles. The smallest absolute Gasteiger partial charge is 0.328 e. The minimum atomic E-state index is -1.75. The van der Waals surface area contributed by atoms with Crippen molar-refractivity contribution in [2.75, 3.05) is 0 Å². The molecule has 180 valence electrons. The van der Waals surface area contributed by atoms with Gasteiger partial charge in [-0.25, -0.2) is 0 Å². The van der Waals surface area contributed by atoms with Gasteiger partial charge < -0.3 is 10.1 Å². The molecule has 1 N–H and O–H groups in total. The van der Waals surface area contributed by atoms with Crippen LogP contribution in [0.3, 0.4) is 0 Å². The molecule has 36 heavy (non-hydrogen) atoms. The summed E-state index contributed by atoms with van der Waals surface area (Å²) in [4.78, 5) is 26.7. The Morgan fingerprint density at radius 1 is 1.11 bits per heavy atom. The van der Waals surface area contributed by atoms with Gasteiger partial charge in [0.25, 0.3) is 5.88 Å². The van der Waals surface area contributed by atoms with Gasteiger partial charge in [0.2, 0.25) is 5.88 Å². The van der Waals surface area contributed by atoms with Gasteiger partial charge in [0.05, 0.1) is 26.9 Å². The summed E-state index contributed by atoms with van der Waals surface area (Å²) in [5, 5.41) is 22.5. The molecular formula is C27H21ClN4O4. The SMILES string of the molecule is Cc1nn(-c2ccccc2Cl)c2c1C1(C(=O)c3cccc4cccc1c34)C([N+](=O)[O-])=C(NC(C)C)O2. The maximum absolute atomic E-state index is 14.4. The number of allylic oxidation sites excluding steroid dienone is 1. The van der Waals surface area contributed by atoms with Gasteiger partial charge in [0.1, 0.15) is 0 Å². The van der Waals surface area contributed by atoms with Crippen LogP contribution in [0.2, 0.25) is 5.02 Å². The highest BCUT2D eigenvalue weighted by atomic mass is 35.5. The van der Waals surface area contributed by atoms with Gasteiger partial charge in [0.15, 0.2) is 11.2 Å². The summed E-state index contributed by atoms with van der Waals surface area (Å²) < 4.78 is 7.74. The van der Waals surface area contributed by atoms with Gasteiger partial charge in [-0.15, -0.1) is 0 Å². The van der Waals surface area contributed by atoms with Gasteiger partial charge in [-0.1, -0.05) is 60.1 Å². The number of fused-ring (bicyclic) bond motifs is 3. The van der Waals surface area contributed by atoms with Crippen molar-refractivity contribution in [3.05, 3.63) is 110 Å². The number of carbonyl (C=O) groups is 1. The van der Waals surface area contributed by atoms with Crippen LogP contribution in [0.25, 0.3) is 16.5 Å². The van der Waals surface area contributed by atoms with Crippen molar-refractivity contribution < 1.29 is 14.5 Å². The Morgan fingerprint density at radius 2 is 1.83 bits per heavy atom. The van der Waals surface area contributed by atoms with E-state index in [1.54, 1.807) is 43.3 Å². The fourth-order valence-corrected chi connectivity index (χ4v) is 5.70. The van der Waals surface area contributed by atoms with Gasteiger partial charge in [-0.05, 0) is 49.2 Å². The summed E-state index contributed by atoms with van der Waals surface area (Å²) in [6.45, 7) is 5.42. The lowest BCUT2D eigenvalue weighted by Gasteiger charge is -2.32. The molecular weight excluding hydrogens is 480 g/mol. The molecule has 6 rings (SSSR count). The number of ketones is 1. The molecule has 0 fully saturated rings. The lowest BCUT2D eigenvalue weighted by molar-refractivity contribution is -0.436. The number of nitrogens with one attached hydrogen (secondary N) is 1. The monoisotopic (exact) mass is 500 g/mol. The molecule has 0 amide bonds. The Kier molecular flexibility index (Phi) is 4.75. The van der Waals surface area contributed by atoms with Crippen molar-refractivity contribution in [3.8, 4) is 11.6 Å². The van der Waals surface area contributed by atoms with Crippen molar-refractivity contribution >= 4 is 28.2 Å². The Labute approximate surface area is 211 Å². The zero-order valence-corrected chi connectivity index (χ0v) is 20.5. The standard InChI is InChI=1S/C27H21ClN4O4/c1-14(2)29-25-23(32(34)35)27(18-11-7-9-16-8-6-10-17(21(16)18)24(27)33)22-15(3)30-31(26(22)36-25)20-13-5-4-12-19(20)28/h4-14,29H,1-3H3. The number of ether oxygens (including phenoxy) is 1. The van der Waals surface area contributed by atoms with E-state index in [0.717, 1.165) is 5.39 Å². The van der Waals surface area contributed by atoms with Crippen LogP contribution in [0.4, 0.5) is 0 Å². The Morgan fingerprint density at radius 3 is 2.53 bits per heavy atom. The molecule has 4 aromatic rings. The number of aromatic nitrogens is 2. The zero-order valence-electron chi connectivity index (χ0n) is 19.7. The number of hydrogen-bond donors (Lipinski definition) is 1. The highest BCUT2D eigenvalue weighted by molar-refractivity contribution is 6.32. The molecule has 0 saturated heterocycles. The first kappa shape index (κ1) is 22.3. The van der Waals surface area contributed by atoms with Crippen LogP contribution in [0, 0.1) is 17.0 Å². The minimum absolute atomic E-state index is 0.0890. The average molecular weight is 501 g/mol. The Bertz CT molecular complexity index is 1650. The summed E-state index contributed by atoms with van der Waals surface area (Å²) in [6, 6.07) is 17.8. The predicted octanol–water partition coefficient (Wildman–Crippen LogP) is 5.31. The second-order valence-corrected chi connectivity index (χ2v) is 9.66. The molecule has 1 spiro atoms. The number of halogens is 1. The fourth-order valence-electron chi connectivity index (χ4n) is 5.48. The Balaban J connectivity index is 1.79. The van der Waals surface area contributed by atoms with E-state index in [2.05, 4.69) is 10.4 Å². The van der Waals surface area contributed by atoms with Gasteiger partial charge in [-0.2, -0.15) is 9.78 Å². The van der Waals surface area contributed by atoms with Crippen LogP contribution in [0.1, 0.15) is 41.0 Å². The largest absolute Gasteiger partial charge is 0.416 e. The van der Waals surface area contributed by atoms with Crippen LogP contribution < -0.4 is 10.1 Å². The third-order valence-electron chi connectivity index (χ3n) is 6.74. The molecule has 0 saturated carbocycles. The number of nitro groups is 1. The fraction of sp³-hybridized carbons (Fsp3) is 0.185. The lowest BCUT2D eigenvalue weighted by Crippen LogP contribution is -2.46. The van der Waals surface area contributed by atoms with E-state index >= 15 is 0 Å². The molecule has 0 bridgehead atoms. The topological polar surface area (TPSA) is 99.3 Å². The third-order valence-corrected chi connectivity index (χ3v) is 7.06. The number of benzene rings is 3. The van der Waals surface area contributed by atoms with E-state index in [9.17, 15) is 14.9 Å². The predicted molar refractivity (Wildman–Crippen MR) is 135 cm³/mol. The normalized spacial score (nSPS) is 18.2. The highest BCUT2D eigenvalue weighted by Gasteiger charge is 2.64. The summed E-state index contributed by atoms with van der Waals surface area (Å²) in [5.74, 6) is -0.253. The molecule has 1 aliphatic carbocycles. The summed E-state index contributed by atoms with van der Waals surface area (Å²) in [6.07, 6.45) is 0. The van der Waals surface area contributed by atoms with E-state index in [-0.39, 0.29) is 29.3 Å². The van der Waals surface area contributed by atoms with Crippen molar-refractivity contribution in [1.82, 2.24) is 15.1 Å². The second-order valence-electron chi connectivity index (χ2n) is 9.25. The Hall–Kier alpha value is -4.17. The van der Waals surface area contributed by atoms with E-state index in [0.29, 0.717) is 38.5 Å². The van der Waals surface area contributed by atoms with Crippen molar-refractivity contribution in [3.63, 3.8) is 0 Å². The summed E-state index contributed by atoms with van der Waals surface area (Å²) in [5.41, 5.74) is 0.197. The highest BCUT2D eigenvalue weighted by Crippen LogP contribution is 2.57. The number of carbonyl (C=O) groups excluding carboxylic acids is 1. The van der Waals surface area contributed by atoms with E-state index in [4.69, 9.17) is 16.3 Å². The van der Waals surface area contributed by atoms with Gasteiger partial charge in [-0.3, -0.25) is 14.9 Å². The van der Waals surface area contributed by atoms with Crippen LogP contribution in [0.15, 0.2) is 72.2 Å². The second kappa shape index (κ2) is 7.66. The lowest BCUT2D eigenvalue weighted by atomic mass is 9.70. The van der Waals surface area contributed by atoms with E-state index in [1.807, 2.05) is 38.1 Å². The first-order valence-corrected chi connectivity index (χ1v) is 11.9. The summed E-state index contributed by atoms with van der Waals surface area (Å²) in [7, 11) is 0. The number of rotatable bonds is 4. The molecule has 1 aromatic heterocycles. The molecule has 1 unspecified atom stereocenters. The van der Waals surface area contributed by atoms with E-state index < -0.39 is 10.3 Å². The molecule has 2 heterocycles. The van der Waals surface area contributed by atoms with Crippen LogP contribution in [0.5, 0.6) is 5.88 Å². The first-order valence-electron chi connectivity index (χ1n) is 11.5. The number of aryl methyl sites for hydroxylation is 1. The molecule has 3 aromatic carbocycles. The van der Waals surface area contributed by atoms with Crippen LogP contribution >= 0.6 is 11.6 Å². The number of para-hydroxylation sites is 1.